The van der Waals surface area contributed by atoms with Gasteiger partial charge in [0.2, 0.25) is 0 Å². The molecule has 0 saturated heterocycles. The first kappa shape index (κ1) is 23.6. The Kier molecular flexibility index (Phi) is 7.12. The van der Waals surface area contributed by atoms with E-state index < -0.39 is 5.97 Å². The second-order valence-electron chi connectivity index (χ2n) is 7.77. The van der Waals surface area contributed by atoms with Gasteiger partial charge in [-0.25, -0.2) is 4.79 Å². The molecule has 3 aromatic rings. The highest BCUT2D eigenvalue weighted by molar-refractivity contribution is 6.12. The molecule has 0 unspecified atom stereocenters. The summed E-state index contributed by atoms with van der Waals surface area (Å²) in [6, 6.07) is 21.2. The van der Waals surface area contributed by atoms with Gasteiger partial charge in [-0.3, -0.25) is 4.79 Å². The summed E-state index contributed by atoms with van der Waals surface area (Å²) in [4.78, 5) is 27.4. The number of hydrogen-bond acceptors (Lipinski definition) is 6. The lowest BCUT2D eigenvalue weighted by atomic mass is 10.1. The zero-order valence-electron chi connectivity index (χ0n) is 19.5. The van der Waals surface area contributed by atoms with Crippen LogP contribution in [0.25, 0.3) is 6.08 Å². The SMILES string of the molecule is CCOc1cc(C=C(C#N)C(=O)N2CCc3ccccc32)ccc1OC(=O)c1cccc(OC)c1. The van der Waals surface area contributed by atoms with Crippen LogP contribution in [-0.2, 0) is 11.2 Å². The Hall–Kier alpha value is -4.57. The van der Waals surface area contributed by atoms with Crippen LogP contribution >= 0.6 is 0 Å². The molecule has 0 atom stereocenters. The van der Waals surface area contributed by atoms with E-state index in [2.05, 4.69) is 0 Å². The lowest BCUT2D eigenvalue weighted by Crippen LogP contribution is -2.29. The van der Waals surface area contributed by atoms with Crippen LogP contribution in [0.1, 0.15) is 28.4 Å². The lowest BCUT2D eigenvalue weighted by molar-refractivity contribution is -0.114. The molecule has 176 valence electrons. The van der Waals surface area contributed by atoms with Gasteiger partial charge in [-0.1, -0.05) is 30.3 Å². The van der Waals surface area contributed by atoms with Crippen LogP contribution in [0.5, 0.6) is 17.2 Å². The number of nitrogens with zero attached hydrogens (tertiary/aromatic N) is 2. The average molecular weight is 469 g/mol. The number of nitriles is 1. The maximum atomic E-state index is 13.1. The molecule has 1 aliphatic heterocycles. The van der Waals surface area contributed by atoms with E-state index in [0.29, 0.717) is 35.8 Å². The monoisotopic (exact) mass is 468 g/mol. The summed E-state index contributed by atoms with van der Waals surface area (Å²) in [7, 11) is 1.52. The minimum absolute atomic E-state index is 0.00489. The summed E-state index contributed by atoms with van der Waals surface area (Å²) in [5.74, 6) is 0.181. The second-order valence-corrected chi connectivity index (χ2v) is 7.77. The number of carbonyl (C=O) groups is 2. The van der Waals surface area contributed by atoms with Crippen molar-refractivity contribution in [2.24, 2.45) is 0 Å². The van der Waals surface area contributed by atoms with E-state index >= 15 is 0 Å². The van der Waals surface area contributed by atoms with Gasteiger partial charge in [0.1, 0.15) is 17.4 Å². The van der Waals surface area contributed by atoms with Crippen molar-refractivity contribution in [2.45, 2.75) is 13.3 Å². The highest BCUT2D eigenvalue weighted by Crippen LogP contribution is 2.32. The number of hydrogen-bond donors (Lipinski definition) is 0. The number of rotatable bonds is 7. The number of para-hydroxylation sites is 1. The summed E-state index contributed by atoms with van der Waals surface area (Å²) in [5.41, 5.74) is 2.82. The van der Waals surface area contributed by atoms with Crippen molar-refractivity contribution in [1.29, 1.82) is 5.26 Å². The van der Waals surface area contributed by atoms with Gasteiger partial charge in [-0.15, -0.1) is 0 Å². The molecule has 7 heteroatoms. The molecule has 4 rings (SSSR count). The third kappa shape index (κ3) is 5.17. The molecular weight excluding hydrogens is 444 g/mol. The standard InChI is InChI=1S/C28H24N2O5/c1-3-34-26-16-19(11-12-25(26)35-28(32)21-8-6-9-23(17-21)33-2)15-22(18-29)27(31)30-14-13-20-7-4-5-10-24(20)30/h4-12,15-17H,3,13-14H2,1-2H3. The van der Waals surface area contributed by atoms with E-state index in [4.69, 9.17) is 14.2 Å². The molecule has 0 spiro atoms. The number of amides is 1. The van der Waals surface area contributed by atoms with Crippen molar-refractivity contribution in [3.63, 3.8) is 0 Å². The molecule has 0 radical (unpaired) electrons. The molecule has 0 fully saturated rings. The molecule has 0 saturated carbocycles. The smallest absolute Gasteiger partial charge is 0.343 e. The van der Waals surface area contributed by atoms with E-state index in [1.54, 1.807) is 47.4 Å². The fourth-order valence-electron chi connectivity index (χ4n) is 3.88. The predicted molar refractivity (Wildman–Crippen MR) is 132 cm³/mol. The molecule has 1 amide bonds. The molecule has 7 nitrogen and oxygen atoms in total. The van der Waals surface area contributed by atoms with Crippen LogP contribution < -0.4 is 19.1 Å². The molecule has 3 aromatic carbocycles. The summed E-state index contributed by atoms with van der Waals surface area (Å²) in [6.07, 6.45) is 2.27. The molecule has 1 heterocycles. The van der Waals surface area contributed by atoms with Crippen molar-refractivity contribution in [1.82, 2.24) is 0 Å². The molecule has 0 N–H and O–H groups in total. The second kappa shape index (κ2) is 10.6. The quantitative estimate of drug-likeness (QED) is 0.214. The Bertz CT molecular complexity index is 1340. The van der Waals surface area contributed by atoms with Crippen molar-refractivity contribution >= 4 is 23.6 Å². The Balaban J connectivity index is 1.58. The summed E-state index contributed by atoms with van der Waals surface area (Å²) < 4.78 is 16.4. The normalized spacial score (nSPS) is 12.5. The number of carbonyl (C=O) groups excluding carboxylic acids is 2. The highest BCUT2D eigenvalue weighted by Gasteiger charge is 2.26. The third-order valence-electron chi connectivity index (χ3n) is 5.57. The van der Waals surface area contributed by atoms with Crippen LogP contribution in [-0.4, -0.2) is 32.1 Å². The van der Waals surface area contributed by atoms with Crippen LogP contribution in [0, 0.1) is 11.3 Å². The van der Waals surface area contributed by atoms with E-state index in [1.807, 2.05) is 37.3 Å². The van der Waals surface area contributed by atoms with E-state index in [-0.39, 0.29) is 17.2 Å². The van der Waals surface area contributed by atoms with Gasteiger partial charge in [-0.2, -0.15) is 5.26 Å². The zero-order chi connectivity index (χ0) is 24.8. The fourth-order valence-corrected chi connectivity index (χ4v) is 3.88. The van der Waals surface area contributed by atoms with Gasteiger partial charge in [0.05, 0.1) is 19.3 Å². The van der Waals surface area contributed by atoms with E-state index in [9.17, 15) is 14.9 Å². The Morgan fingerprint density at radius 1 is 1.06 bits per heavy atom. The Labute approximate surface area is 203 Å². The molecular formula is C28H24N2O5. The minimum Gasteiger partial charge on any atom is -0.497 e. The fraction of sp³-hybridized carbons (Fsp3) is 0.179. The number of methoxy groups -OCH3 is 1. The maximum absolute atomic E-state index is 13.1. The van der Waals surface area contributed by atoms with Crippen LogP contribution in [0.15, 0.2) is 72.3 Å². The molecule has 0 aliphatic carbocycles. The van der Waals surface area contributed by atoms with Gasteiger partial charge in [-0.05, 0) is 66.9 Å². The summed E-state index contributed by atoms with van der Waals surface area (Å²) in [6.45, 7) is 2.68. The number of ether oxygens (including phenoxy) is 3. The van der Waals surface area contributed by atoms with E-state index in [1.165, 1.54) is 13.2 Å². The first-order valence-electron chi connectivity index (χ1n) is 11.2. The van der Waals surface area contributed by atoms with E-state index in [0.717, 1.165) is 17.7 Å². The topological polar surface area (TPSA) is 88.9 Å². The van der Waals surface area contributed by atoms with Crippen molar-refractivity contribution in [3.8, 4) is 23.3 Å². The third-order valence-corrected chi connectivity index (χ3v) is 5.57. The number of fused-ring (bicyclic) bond motifs is 1. The van der Waals surface area contributed by atoms with Gasteiger partial charge >= 0.3 is 5.97 Å². The Morgan fingerprint density at radius 2 is 1.89 bits per heavy atom. The van der Waals surface area contributed by atoms with Crippen molar-refractivity contribution < 1.29 is 23.8 Å². The van der Waals surface area contributed by atoms with Gasteiger partial charge in [0.15, 0.2) is 11.5 Å². The first-order chi connectivity index (χ1) is 17.0. The minimum atomic E-state index is -0.561. The zero-order valence-corrected chi connectivity index (χ0v) is 19.5. The predicted octanol–water partition coefficient (Wildman–Crippen LogP) is 4.81. The summed E-state index contributed by atoms with van der Waals surface area (Å²) >= 11 is 0. The molecule has 0 bridgehead atoms. The maximum Gasteiger partial charge on any atom is 0.343 e. The van der Waals surface area contributed by atoms with Crippen molar-refractivity contribution in [3.05, 3.63) is 89.0 Å². The van der Waals surface area contributed by atoms with Gasteiger partial charge in [0, 0.05) is 12.2 Å². The lowest BCUT2D eigenvalue weighted by Gasteiger charge is -2.16. The number of anilines is 1. The first-order valence-corrected chi connectivity index (χ1v) is 11.2. The Morgan fingerprint density at radius 3 is 2.66 bits per heavy atom. The van der Waals surface area contributed by atoms with Gasteiger partial charge < -0.3 is 19.1 Å². The molecule has 1 aliphatic rings. The average Bonchev–Trinajstić information content (AvgIpc) is 3.32. The summed E-state index contributed by atoms with van der Waals surface area (Å²) in [5, 5.41) is 9.70. The number of esters is 1. The molecule has 0 aromatic heterocycles. The van der Waals surface area contributed by atoms with Crippen LogP contribution in [0.2, 0.25) is 0 Å². The van der Waals surface area contributed by atoms with Crippen LogP contribution in [0.3, 0.4) is 0 Å². The number of benzene rings is 3. The van der Waals surface area contributed by atoms with Crippen LogP contribution in [0.4, 0.5) is 5.69 Å². The largest absolute Gasteiger partial charge is 0.497 e. The van der Waals surface area contributed by atoms with Gasteiger partial charge in [0.25, 0.3) is 5.91 Å². The molecule has 35 heavy (non-hydrogen) atoms. The van der Waals surface area contributed by atoms with Crippen molar-refractivity contribution in [2.75, 3.05) is 25.2 Å². The highest BCUT2D eigenvalue weighted by atomic mass is 16.6.